The van der Waals surface area contributed by atoms with Gasteiger partial charge in [0.25, 0.3) is 0 Å². The maximum Gasteiger partial charge on any atom is 0.161 e. The Morgan fingerprint density at radius 1 is 1.39 bits per heavy atom. The lowest BCUT2D eigenvalue weighted by Gasteiger charge is -2.27. The molecule has 0 saturated carbocycles. The van der Waals surface area contributed by atoms with Gasteiger partial charge >= 0.3 is 0 Å². The molecule has 0 aliphatic carbocycles. The Labute approximate surface area is 108 Å². The molecule has 0 amide bonds. The fourth-order valence-corrected chi connectivity index (χ4v) is 1.89. The maximum atomic E-state index is 5.87. The molecule has 100 valence electrons. The highest BCUT2D eigenvalue weighted by Crippen LogP contribution is 2.30. The summed E-state index contributed by atoms with van der Waals surface area (Å²) in [5.41, 5.74) is 0. The molecule has 1 aliphatic rings. The molecule has 2 unspecified atom stereocenters. The summed E-state index contributed by atoms with van der Waals surface area (Å²) in [6.07, 6.45) is 1.07. The number of rotatable bonds is 6. The summed E-state index contributed by atoms with van der Waals surface area (Å²) >= 11 is 0. The molecule has 4 nitrogen and oxygen atoms in total. The van der Waals surface area contributed by atoms with E-state index < -0.39 is 0 Å². The average Bonchev–Trinajstić information content (AvgIpc) is 2.42. The van der Waals surface area contributed by atoms with Gasteiger partial charge in [0.1, 0.15) is 12.7 Å². The van der Waals surface area contributed by atoms with Crippen molar-refractivity contribution in [3.63, 3.8) is 0 Å². The molecule has 0 spiro atoms. The Hall–Kier alpha value is -1.26. The van der Waals surface area contributed by atoms with E-state index >= 15 is 0 Å². The first-order valence-electron chi connectivity index (χ1n) is 6.40. The Kier molecular flexibility index (Phi) is 4.84. The Morgan fingerprint density at radius 3 is 2.94 bits per heavy atom. The normalized spacial score (nSPS) is 19.6. The highest BCUT2D eigenvalue weighted by Gasteiger charge is 2.20. The summed E-state index contributed by atoms with van der Waals surface area (Å²) < 4.78 is 16.6. The molecule has 0 radical (unpaired) electrons. The van der Waals surface area contributed by atoms with Gasteiger partial charge in [-0.25, -0.2) is 0 Å². The average molecular weight is 251 g/mol. The van der Waals surface area contributed by atoms with Crippen LogP contribution in [0.3, 0.4) is 0 Å². The minimum absolute atomic E-state index is 0.0740. The van der Waals surface area contributed by atoms with Gasteiger partial charge in [-0.15, -0.1) is 0 Å². The molecule has 2 rings (SSSR count). The zero-order valence-corrected chi connectivity index (χ0v) is 11.0. The van der Waals surface area contributed by atoms with Crippen molar-refractivity contribution in [2.24, 2.45) is 0 Å². The summed E-state index contributed by atoms with van der Waals surface area (Å²) in [5.74, 6) is 1.67. The van der Waals surface area contributed by atoms with Crippen LogP contribution in [-0.4, -0.2) is 39.0 Å². The molecule has 0 saturated heterocycles. The second kappa shape index (κ2) is 6.61. The van der Waals surface area contributed by atoms with E-state index in [1.165, 1.54) is 0 Å². The van der Waals surface area contributed by atoms with Crippen molar-refractivity contribution >= 4 is 0 Å². The summed E-state index contributed by atoms with van der Waals surface area (Å²) in [4.78, 5) is 0. The molecule has 1 aliphatic heterocycles. The van der Waals surface area contributed by atoms with Crippen LogP contribution < -0.4 is 14.8 Å². The summed E-state index contributed by atoms with van der Waals surface area (Å²) in [6, 6.07) is 8.20. The van der Waals surface area contributed by atoms with Gasteiger partial charge in [-0.2, -0.15) is 0 Å². The Bertz CT molecular complexity index is 370. The first-order valence-corrected chi connectivity index (χ1v) is 6.40. The van der Waals surface area contributed by atoms with Gasteiger partial charge < -0.3 is 19.5 Å². The van der Waals surface area contributed by atoms with Gasteiger partial charge in [0.15, 0.2) is 11.5 Å². The van der Waals surface area contributed by atoms with Crippen LogP contribution in [0.2, 0.25) is 0 Å². The lowest BCUT2D eigenvalue weighted by atomic mass is 10.2. The molecular formula is C14H21NO3. The van der Waals surface area contributed by atoms with Crippen molar-refractivity contribution in [1.29, 1.82) is 0 Å². The molecule has 1 heterocycles. The van der Waals surface area contributed by atoms with Crippen molar-refractivity contribution in [2.75, 3.05) is 26.9 Å². The monoisotopic (exact) mass is 251 g/mol. The number of ether oxygens (including phenoxy) is 3. The molecule has 18 heavy (non-hydrogen) atoms. The van der Waals surface area contributed by atoms with Gasteiger partial charge in [0.05, 0.1) is 0 Å². The van der Waals surface area contributed by atoms with Gasteiger partial charge in [-0.05, 0) is 25.5 Å². The van der Waals surface area contributed by atoms with E-state index in [1.54, 1.807) is 7.11 Å². The smallest absolute Gasteiger partial charge is 0.161 e. The van der Waals surface area contributed by atoms with Crippen LogP contribution >= 0.6 is 0 Å². The molecule has 1 aromatic rings. The number of nitrogens with one attached hydrogen (secondary N) is 1. The topological polar surface area (TPSA) is 39.7 Å². The molecule has 2 atom stereocenters. The summed E-state index contributed by atoms with van der Waals surface area (Å²) in [5, 5.41) is 3.43. The molecule has 1 N–H and O–H groups in total. The predicted octanol–water partition coefficient (Wildman–Crippen LogP) is 1.84. The van der Waals surface area contributed by atoms with Crippen molar-refractivity contribution in [2.45, 2.75) is 25.5 Å². The SMILES string of the molecule is COCCC(C)NCC1COc2ccccc2O1. The highest BCUT2D eigenvalue weighted by atomic mass is 16.6. The Balaban J connectivity index is 1.76. The van der Waals surface area contributed by atoms with Gasteiger partial charge in [0, 0.05) is 26.3 Å². The van der Waals surface area contributed by atoms with Crippen molar-refractivity contribution in [3.8, 4) is 11.5 Å². The number of fused-ring (bicyclic) bond motifs is 1. The van der Waals surface area contributed by atoms with E-state index in [1.807, 2.05) is 24.3 Å². The largest absolute Gasteiger partial charge is 0.486 e. The summed E-state index contributed by atoms with van der Waals surface area (Å²) in [7, 11) is 1.72. The molecular weight excluding hydrogens is 230 g/mol. The van der Waals surface area contributed by atoms with E-state index in [-0.39, 0.29) is 6.10 Å². The molecule has 1 aromatic carbocycles. The zero-order valence-electron chi connectivity index (χ0n) is 11.0. The van der Waals surface area contributed by atoms with Crippen LogP contribution in [0.15, 0.2) is 24.3 Å². The lowest BCUT2D eigenvalue weighted by molar-refractivity contribution is 0.0871. The third-order valence-electron chi connectivity index (χ3n) is 3.02. The molecule has 4 heteroatoms. The maximum absolute atomic E-state index is 5.87. The minimum Gasteiger partial charge on any atom is -0.486 e. The predicted molar refractivity (Wildman–Crippen MR) is 70.3 cm³/mol. The number of hydrogen-bond donors (Lipinski definition) is 1. The fraction of sp³-hybridized carbons (Fsp3) is 0.571. The summed E-state index contributed by atoms with van der Waals surface area (Å²) in [6.45, 7) is 4.32. The first-order chi connectivity index (χ1) is 8.79. The van der Waals surface area contributed by atoms with E-state index in [0.717, 1.165) is 31.1 Å². The third kappa shape index (κ3) is 3.62. The molecule has 0 bridgehead atoms. The van der Waals surface area contributed by atoms with E-state index in [4.69, 9.17) is 14.2 Å². The van der Waals surface area contributed by atoms with Crippen LogP contribution in [0.1, 0.15) is 13.3 Å². The zero-order chi connectivity index (χ0) is 12.8. The quantitative estimate of drug-likeness (QED) is 0.837. The van der Waals surface area contributed by atoms with Crippen molar-refractivity contribution in [1.82, 2.24) is 5.32 Å². The fourth-order valence-electron chi connectivity index (χ4n) is 1.89. The minimum atomic E-state index is 0.0740. The highest BCUT2D eigenvalue weighted by molar-refractivity contribution is 5.40. The van der Waals surface area contributed by atoms with E-state index in [2.05, 4.69) is 12.2 Å². The van der Waals surface area contributed by atoms with Crippen LogP contribution in [0.4, 0.5) is 0 Å². The second-order valence-corrected chi connectivity index (χ2v) is 4.59. The van der Waals surface area contributed by atoms with Gasteiger partial charge in [-0.1, -0.05) is 12.1 Å². The van der Waals surface area contributed by atoms with Gasteiger partial charge in [0.2, 0.25) is 0 Å². The molecule has 0 aromatic heterocycles. The number of methoxy groups -OCH3 is 1. The second-order valence-electron chi connectivity index (χ2n) is 4.59. The van der Waals surface area contributed by atoms with Crippen molar-refractivity contribution < 1.29 is 14.2 Å². The van der Waals surface area contributed by atoms with Crippen LogP contribution in [0.25, 0.3) is 0 Å². The number of benzene rings is 1. The van der Waals surface area contributed by atoms with Gasteiger partial charge in [-0.3, -0.25) is 0 Å². The molecule has 0 fully saturated rings. The number of hydrogen-bond acceptors (Lipinski definition) is 4. The first kappa shape index (κ1) is 13.2. The van der Waals surface area contributed by atoms with Crippen molar-refractivity contribution in [3.05, 3.63) is 24.3 Å². The van der Waals surface area contributed by atoms with Crippen LogP contribution in [-0.2, 0) is 4.74 Å². The lowest BCUT2D eigenvalue weighted by Crippen LogP contribution is -2.41. The third-order valence-corrected chi connectivity index (χ3v) is 3.02. The number of para-hydroxylation sites is 2. The van der Waals surface area contributed by atoms with Crippen LogP contribution in [0.5, 0.6) is 11.5 Å². The van der Waals surface area contributed by atoms with Crippen LogP contribution in [0, 0.1) is 0 Å². The van der Waals surface area contributed by atoms with E-state index in [0.29, 0.717) is 12.6 Å². The van der Waals surface area contributed by atoms with E-state index in [9.17, 15) is 0 Å². The standard InChI is InChI=1S/C14H21NO3/c1-11(7-8-16-2)15-9-12-10-17-13-5-3-4-6-14(13)18-12/h3-6,11-12,15H,7-10H2,1-2H3. The Morgan fingerprint density at radius 2 is 2.17 bits per heavy atom.